The molecule has 6 nitrogen and oxygen atoms in total. The first kappa shape index (κ1) is 21.7. The Balaban J connectivity index is 1.51. The van der Waals surface area contributed by atoms with E-state index >= 15 is 0 Å². The average Bonchev–Trinajstić information content (AvgIpc) is 3.33. The summed E-state index contributed by atoms with van der Waals surface area (Å²) in [4.78, 5) is 25.6. The number of thiophene rings is 1. The number of nitrogens with one attached hydrogen (secondary N) is 2. The van der Waals surface area contributed by atoms with Crippen molar-refractivity contribution in [2.45, 2.75) is 19.6 Å². The predicted octanol–water partition coefficient (Wildman–Crippen LogP) is 4.50. The van der Waals surface area contributed by atoms with E-state index in [0.29, 0.717) is 27.0 Å². The van der Waals surface area contributed by atoms with Crippen molar-refractivity contribution in [2.75, 3.05) is 0 Å². The molecule has 0 fully saturated rings. The summed E-state index contributed by atoms with van der Waals surface area (Å²) in [5.74, 6) is -0.431. The molecule has 4 rings (SSSR count). The van der Waals surface area contributed by atoms with Gasteiger partial charge in [0.2, 0.25) is 0 Å². The number of esters is 2. The summed E-state index contributed by atoms with van der Waals surface area (Å²) in [6.07, 6.45) is 0. The summed E-state index contributed by atoms with van der Waals surface area (Å²) < 4.78 is 11.0. The maximum absolute atomic E-state index is 12.9. The summed E-state index contributed by atoms with van der Waals surface area (Å²) >= 11 is 6.61. The molecule has 0 saturated heterocycles. The number of hydrogen-bond acceptors (Lipinski definition) is 6. The maximum atomic E-state index is 12.9. The fourth-order valence-corrected chi connectivity index (χ4v) is 4.17. The number of hydrogen-bond donors (Lipinski definition) is 2. The van der Waals surface area contributed by atoms with Gasteiger partial charge in [0.1, 0.15) is 17.2 Å². The molecule has 162 valence electrons. The highest BCUT2D eigenvalue weighted by Gasteiger charge is 2.31. The van der Waals surface area contributed by atoms with Gasteiger partial charge in [0.15, 0.2) is 5.11 Å². The van der Waals surface area contributed by atoms with E-state index in [2.05, 4.69) is 10.6 Å². The van der Waals surface area contributed by atoms with Crippen LogP contribution >= 0.6 is 23.6 Å². The second-order valence-corrected chi connectivity index (χ2v) is 8.42. The van der Waals surface area contributed by atoms with Gasteiger partial charge < -0.3 is 20.1 Å². The smallest absolute Gasteiger partial charge is 0.353 e. The Kier molecular flexibility index (Phi) is 6.63. The van der Waals surface area contributed by atoms with Gasteiger partial charge in [-0.3, -0.25) is 0 Å². The molecule has 1 aliphatic heterocycles. The molecule has 1 aromatic heterocycles. The van der Waals surface area contributed by atoms with Crippen LogP contribution in [0.25, 0.3) is 0 Å². The van der Waals surface area contributed by atoms with Crippen molar-refractivity contribution < 1.29 is 19.1 Å². The molecule has 8 heteroatoms. The van der Waals surface area contributed by atoms with Gasteiger partial charge in [-0.1, -0.05) is 48.5 Å². The van der Waals surface area contributed by atoms with Crippen LogP contribution in [0.2, 0.25) is 0 Å². The SMILES string of the molecule is CC1=C(C(=O)OCc2ccccc2)C(c2ccc(OC(=O)c3cccs3)cc2)NC(=S)N1. The van der Waals surface area contributed by atoms with Crippen LogP contribution in [0.5, 0.6) is 5.75 Å². The van der Waals surface area contributed by atoms with Crippen molar-refractivity contribution in [1.29, 1.82) is 0 Å². The zero-order chi connectivity index (χ0) is 22.5. The normalized spacial score (nSPS) is 15.5. The third-order valence-electron chi connectivity index (χ3n) is 4.85. The molecule has 2 aromatic carbocycles. The number of carbonyl (C=O) groups is 2. The van der Waals surface area contributed by atoms with Crippen LogP contribution in [0.3, 0.4) is 0 Å². The standard InChI is InChI=1S/C24H20N2O4S2/c1-15-20(23(28)29-14-16-6-3-2-4-7-16)21(26-24(31)25-15)17-9-11-18(12-10-17)30-22(27)19-8-5-13-32-19/h2-13,21H,14H2,1H3,(H2,25,26,31). The van der Waals surface area contributed by atoms with E-state index in [9.17, 15) is 9.59 Å². The van der Waals surface area contributed by atoms with Crippen molar-refractivity contribution in [1.82, 2.24) is 10.6 Å². The van der Waals surface area contributed by atoms with E-state index in [-0.39, 0.29) is 6.61 Å². The summed E-state index contributed by atoms with van der Waals surface area (Å²) in [6.45, 7) is 1.96. The number of carbonyl (C=O) groups excluding carboxylic acids is 2. The Bertz CT molecular complexity index is 1160. The van der Waals surface area contributed by atoms with Gasteiger partial charge in [-0.2, -0.15) is 0 Å². The highest BCUT2D eigenvalue weighted by Crippen LogP contribution is 2.29. The van der Waals surface area contributed by atoms with Gasteiger partial charge in [0.25, 0.3) is 0 Å². The second kappa shape index (κ2) is 9.76. The Morgan fingerprint density at radius 2 is 1.75 bits per heavy atom. The molecule has 2 N–H and O–H groups in total. The first-order valence-corrected chi connectivity index (χ1v) is 11.1. The molecule has 3 aromatic rings. The van der Waals surface area contributed by atoms with Crippen LogP contribution in [0, 0.1) is 0 Å². The van der Waals surface area contributed by atoms with E-state index < -0.39 is 18.0 Å². The largest absolute Gasteiger partial charge is 0.457 e. The highest BCUT2D eigenvalue weighted by molar-refractivity contribution is 7.80. The molecule has 0 spiro atoms. The molecular weight excluding hydrogens is 444 g/mol. The van der Waals surface area contributed by atoms with E-state index in [1.54, 1.807) is 43.3 Å². The third-order valence-corrected chi connectivity index (χ3v) is 5.92. The van der Waals surface area contributed by atoms with Crippen LogP contribution in [0.4, 0.5) is 0 Å². The van der Waals surface area contributed by atoms with Crippen molar-refractivity contribution in [3.05, 3.63) is 99.4 Å². The quantitative estimate of drug-likeness (QED) is 0.316. The lowest BCUT2D eigenvalue weighted by atomic mass is 9.95. The number of allylic oxidation sites excluding steroid dienone is 1. The molecule has 0 amide bonds. The van der Waals surface area contributed by atoms with E-state index in [0.717, 1.165) is 11.1 Å². The predicted molar refractivity (Wildman–Crippen MR) is 126 cm³/mol. The van der Waals surface area contributed by atoms with Crippen LogP contribution in [-0.4, -0.2) is 17.1 Å². The van der Waals surface area contributed by atoms with Crippen LogP contribution < -0.4 is 15.4 Å². The minimum atomic E-state index is -0.492. The number of ether oxygens (including phenoxy) is 2. The molecule has 0 saturated carbocycles. The Labute approximate surface area is 194 Å². The summed E-state index contributed by atoms with van der Waals surface area (Å²) in [7, 11) is 0. The number of thiocarbonyl (C=S) groups is 1. The Morgan fingerprint density at radius 3 is 2.44 bits per heavy atom. The van der Waals surface area contributed by atoms with Gasteiger partial charge in [-0.25, -0.2) is 9.59 Å². The number of rotatable bonds is 6. The van der Waals surface area contributed by atoms with Gasteiger partial charge in [-0.15, -0.1) is 11.3 Å². The van der Waals surface area contributed by atoms with Crippen LogP contribution in [0.15, 0.2) is 83.4 Å². The third kappa shape index (κ3) is 5.04. The van der Waals surface area contributed by atoms with Gasteiger partial charge in [0.05, 0.1) is 11.6 Å². The van der Waals surface area contributed by atoms with E-state index in [4.69, 9.17) is 21.7 Å². The lowest BCUT2D eigenvalue weighted by Gasteiger charge is -2.30. The molecule has 1 atom stereocenters. The van der Waals surface area contributed by atoms with Crippen molar-refractivity contribution in [3.63, 3.8) is 0 Å². The molecular formula is C24H20N2O4S2. The zero-order valence-electron chi connectivity index (χ0n) is 17.2. The fraction of sp³-hybridized carbons (Fsp3) is 0.125. The number of benzene rings is 2. The first-order chi connectivity index (χ1) is 15.5. The van der Waals surface area contributed by atoms with Crippen molar-refractivity contribution >= 4 is 40.6 Å². The first-order valence-electron chi connectivity index (χ1n) is 9.86. The maximum Gasteiger partial charge on any atom is 0.353 e. The minimum absolute atomic E-state index is 0.172. The molecule has 1 unspecified atom stereocenters. The summed E-state index contributed by atoms with van der Waals surface area (Å²) in [5.41, 5.74) is 2.76. The molecule has 2 heterocycles. The molecule has 1 aliphatic rings. The van der Waals surface area contributed by atoms with Gasteiger partial charge in [0, 0.05) is 5.70 Å². The molecule has 0 radical (unpaired) electrons. The monoisotopic (exact) mass is 464 g/mol. The summed E-state index contributed by atoms with van der Waals surface area (Å²) in [5, 5.41) is 8.36. The zero-order valence-corrected chi connectivity index (χ0v) is 18.8. The molecule has 32 heavy (non-hydrogen) atoms. The van der Waals surface area contributed by atoms with Crippen molar-refractivity contribution in [3.8, 4) is 5.75 Å². The molecule has 0 aliphatic carbocycles. The van der Waals surface area contributed by atoms with Gasteiger partial charge in [-0.05, 0) is 53.8 Å². The average molecular weight is 465 g/mol. The highest BCUT2D eigenvalue weighted by atomic mass is 32.1. The van der Waals surface area contributed by atoms with Gasteiger partial charge >= 0.3 is 11.9 Å². The van der Waals surface area contributed by atoms with Crippen LogP contribution in [-0.2, 0) is 16.1 Å². The van der Waals surface area contributed by atoms with E-state index in [1.165, 1.54) is 11.3 Å². The lowest BCUT2D eigenvalue weighted by Crippen LogP contribution is -2.45. The second-order valence-electron chi connectivity index (χ2n) is 7.07. The fourth-order valence-electron chi connectivity index (χ4n) is 3.30. The van der Waals surface area contributed by atoms with Crippen molar-refractivity contribution in [2.24, 2.45) is 0 Å². The van der Waals surface area contributed by atoms with Crippen LogP contribution in [0.1, 0.15) is 33.8 Å². The minimum Gasteiger partial charge on any atom is -0.457 e. The molecule has 0 bridgehead atoms. The topological polar surface area (TPSA) is 76.7 Å². The lowest BCUT2D eigenvalue weighted by molar-refractivity contribution is -0.140. The Hall–Kier alpha value is -3.49. The van der Waals surface area contributed by atoms with E-state index in [1.807, 2.05) is 35.7 Å². The Morgan fingerprint density at radius 1 is 1.00 bits per heavy atom. The summed E-state index contributed by atoms with van der Waals surface area (Å²) in [6, 6.07) is 19.5.